The summed E-state index contributed by atoms with van der Waals surface area (Å²) in [5, 5.41) is 0. The van der Waals surface area contributed by atoms with Gasteiger partial charge in [0.15, 0.2) is 25.6 Å². The van der Waals surface area contributed by atoms with E-state index < -0.39 is 36.4 Å². The van der Waals surface area contributed by atoms with E-state index in [0.717, 1.165) is 31.6 Å². The number of aryl methyl sites for hydroxylation is 1. The van der Waals surface area contributed by atoms with E-state index in [-0.39, 0.29) is 21.8 Å². The van der Waals surface area contributed by atoms with Crippen molar-refractivity contribution in [2.24, 2.45) is 16.5 Å². The van der Waals surface area contributed by atoms with Crippen molar-refractivity contribution in [3.63, 3.8) is 0 Å². The Balaban J connectivity index is 3.48. The zero-order chi connectivity index (χ0) is 20.1. The number of unbranched alkanes of at least 4 members (excludes halogenated alkanes) is 3. The number of rotatable bonds is 8. The second kappa shape index (κ2) is 8.63. The summed E-state index contributed by atoms with van der Waals surface area (Å²) in [5.41, 5.74) is 10.6. The largest absolute Gasteiger partial charge is 0.370 e. The number of guanidine groups is 1. The van der Waals surface area contributed by atoms with Crippen molar-refractivity contribution in [1.29, 1.82) is 0 Å². The third kappa shape index (κ3) is 5.80. The smallest absolute Gasteiger partial charge is 0.280 e. The monoisotopic (exact) mass is 403 g/mol. The standard InChI is InChI=1S/C16H25N3O5S2/c1-4-5-6-7-8-26(23,24)14-9-11(2)12(15(20)19-16(17)18)10-13(14)25(3,21)22/h9-10H,4-8H2,1-3H3,(H4,17,18,19,20). The number of amides is 1. The second-order valence-electron chi connectivity index (χ2n) is 6.11. The predicted octanol–water partition coefficient (Wildman–Crippen LogP) is 1.17. The molecule has 0 aliphatic carbocycles. The molecule has 0 aliphatic rings. The number of carbonyl (C=O) groups is 1. The minimum Gasteiger partial charge on any atom is -0.370 e. The SMILES string of the molecule is CCCCCCS(=O)(=O)c1cc(C)c(C(=O)N=C(N)N)cc1S(C)(=O)=O. The number of benzene rings is 1. The van der Waals surface area contributed by atoms with E-state index in [9.17, 15) is 21.6 Å². The van der Waals surface area contributed by atoms with E-state index in [1.807, 2.05) is 6.92 Å². The molecule has 0 fully saturated rings. The van der Waals surface area contributed by atoms with Crippen LogP contribution in [0.1, 0.15) is 48.5 Å². The van der Waals surface area contributed by atoms with Gasteiger partial charge in [0, 0.05) is 11.8 Å². The Labute approximate surface area is 154 Å². The van der Waals surface area contributed by atoms with Gasteiger partial charge in [-0.2, -0.15) is 4.99 Å². The van der Waals surface area contributed by atoms with Gasteiger partial charge in [-0.05, 0) is 31.0 Å². The molecule has 0 saturated heterocycles. The molecule has 1 rings (SSSR count). The first-order chi connectivity index (χ1) is 11.9. The molecule has 0 unspecified atom stereocenters. The van der Waals surface area contributed by atoms with Crippen molar-refractivity contribution < 1.29 is 21.6 Å². The average molecular weight is 404 g/mol. The molecule has 1 amide bonds. The molecule has 0 spiro atoms. The van der Waals surface area contributed by atoms with Crippen LogP contribution in [-0.4, -0.2) is 40.7 Å². The van der Waals surface area contributed by atoms with E-state index in [4.69, 9.17) is 11.5 Å². The highest BCUT2D eigenvalue weighted by Crippen LogP contribution is 2.27. The summed E-state index contributed by atoms with van der Waals surface area (Å²) >= 11 is 0. The van der Waals surface area contributed by atoms with E-state index in [1.165, 1.54) is 13.0 Å². The third-order valence-corrected chi connectivity index (χ3v) is 6.85. The minimum absolute atomic E-state index is 0.0660. The van der Waals surface area contributed by atoms with Gasteiger partial charge in [-0.1, -0.05) is 26.2 Å². The summed E-state index contributed by atoms with van der Waals surface area (Å²) in [6, 6.07) is 2.22. The number of hydrogen-bond donors (Lipinski definition) is 2. The molecule has 8 nitrogen and oxygen atoms in total. The van der Waals surface area contributed by atoms with Crippen LogP contribution in [0.15, 0.2) is 26.9 Å². The van der Waals surface area contributed by atoms with Crippen LogP contribution in [0, 0.1) is 6.92 Å². The maximum atomic E-state index is 12.7. The zero-order valence-corrected chi connectivity index (χ0v) is 16.8. The molecule has 146 valence electrons. The molecule has 0 aliphatic heterocycles. The number of aliphatic imine (C=N–C) groups is 1. The lowest BCUT2D eigenvalue weighted by Crippen LogP contribution is -2.24. The van der Waals surface area contributed by atoms with E-state index in [2.05, 4.69) is 4.99 Å². The first-order valence-electron chi connectivity index (χ1n) is 8.11. The van der Waals surface area contributed by atoms with Crippen LogP contribution in [0.3, 0.4) is 0 Å². The minimum atomic E-state index is -3.90. The van der Waals surface area contributed by atoms with Gasteiger partial charge in [-0.3, -0.25) is 4.79 Å². The van der Waals surface area contributed by atoms with Gasteiger partial charge in [0.2, 0.25) is 0 Å². The Morgan fingerprint density at radius 3 is 2.15 bits per heavy atom. The molecule has 4 N–H and O–H groups in total. The quantitative estimate of drug-likeness (QED) is 0.375. The molecule has 0 bridgehead atoms. The Hall–Kier alpha value is -1.94. The van der Waals surface area contributed by atoms with Gasteiger partial charge >= 0.3 is 0 Å². The number of carbonyl (C=O) groups excluding carboxylic acids is 1. The molecule has 26 heavy (non-hydrogen) atoms. The van der Waals surface area contributed by atoms with Gasteiger partial charge < -0.3 is 11.5 Å². The van der Waals surface area contributed by atoms with Crippen molar-refractivity contribution in [3.8, 4) is 0 Å². The highest BCUT2D eigenvalue weighted by molar-refractivity contribution is 7.94. The van der Waals surface area contributed by atoms with Gasteiger partial charge in [0.1, 0.15) is 0 Å². The Morgan fingerprint density at radius 2 is 1.65 bits per heavy atom. The van der Waals surface area contributed by atoms with Crippen molar-refractivity contribution >= 4 is 31.5 Å². The fourth-order valence-electron chi connectivity index (χ4n) is 2.43. The highest BCUT2D eigenvalue weighted by Gasteiger charge is 2.26. The van der Waals surface area contributed by atoms with Crippen LogP contribution in [0.5, 0.6) is 0 Å². The molecular formula is C16H25N3O5S2. The van der Waals surface area contributed by atoms with Gasteiger partial charge in [0.05, 0.1) is 15.5 Å². The first kappa shape index (κ1) is 22.1. The molecule has 0 heterocycles. The maximum absolute atomic E-state index is 12.7. The molecule has 0 radical (unpaired) electrons. The first-order valence-corrected chi connectivity index (χ1v) is 11.7. The lowest BCUT2D eigenvalue weighted by molar-refractivity contribution is 0.100. The normalized spacial score (nSPS) is 12.0. The summed E-state index contributed by atoms with van der Waals surface area (Å²) in [7, 11) is -7.71. The molecule has 0 saturated carbocycles. The van der Waals surface area contributed by atoms with Crippen LogP contribution >= 0.6 is 0 Å². The average Bonchev–Trinajstić information content (AvgIpc) is 2.49. The number of hydrogen-bond acceptors (Lipinski definition) is 5. The van der Waals surface area contributed by atoms with Crippen molar-refractivity contribution in [2.45, 2.75) is 49.3 Å². The fourth-order valence-corrected chi connectivity index (χ4v) is 5.55. The van der Waals surface area contributed by atoms with Crippen LogP contribution in [0.2, 0.25) is 0 Å². The summed E-state index contributed by atoms with van der Waals surface area (Å²) in [5.74, 6) is -1.46. The van der Waals surface area contributed by atoms with Crippen LogP contribution in [0.4, 0.5) is 0 Å². The van der Waals surface area contributed by atoms with Crippen molar-refractivity contribution in [1.82, 2.24) is 0 Å². The van der Waals surface area contributed by atoms with Crippen molar-refractivity contribution in [2.75, 3.05) is 12.0 Å². The summed E-state index contributed by atoms with van der Waals surface area (Å²) in [4.78, 5) is 14.7. The molecule has 0 aromatic heterocycles. The van der Waals surface area contributed by atoms with Crippen LogP contribution < -0.4 is 11.5 Å². The Morgan fingerprint density at radius 1 is 1.04 bits per heavy atom. The van der Waals surface area contributed by atoms with Gasteiger partial charge in [-0.15, -0.1) is 0 Å². The Bertz CT molecular complexity index is 915. The molecular weight excluding hydrogens is 378 g/mol. The third-order valence-electron chi connectivity index (χ3n) is 3.75. The van der Waals surface area contributed by atoms with Crippen LogP contribution in [-0.2, 0) is 19.7 Å². The number of nitrogens with zero attached hydrogens (tertiary/aromatic N) is 1. The summed E-state index contributed by atoms with van der Waals surface area (Å²) < 4.78 is 49.6. The topological polar surface area (TPSA) is 150 Å². The van der Waals surface area contributed by atoms with E-state index in [1.54, 1.807) is 0 Å². The van der Waals surface area contributed by atoms with Crippen LogP contribution in [0.25, 0.3) is 0 Å². The fraction of sp³-hybridized carbons (Fsp3) is 0.500. The molecule has 0 atom stereocenters. The van der Waals surface area contributed by atoms with Gasteiger partial charge in [-0.25, -0.2) is 16.8 Å². The lowest BCUT2D eigenvalue weighted by Gasteiger charge is -2.13. The second-order valence-corrected chi connectivity index (χ2v) is 10.2. The summed E-state index contributed by atoms with van der Waals surface area (Å²) in [6.07, 6.45) is 3.93. The predicted molar refractivity (Wildman–Crippen MR) is 101 cm³/mol. The molecule has 1 aromatic carbocycles. The Kier molecular flexibility index (Phi) is 7.34. The zero-order valence-electron chi connectivity index (χ0n) is 15.1. The maximum Gasteiger partial charge on any atom is 0.280 e. The van der Waals surface area contributed by atoms with Gasteiger partial charge in [0.25, 0.3) is 5.91 Å². The number of sulfone groups is 2. The lowest BCUT2D eigenvalue weighted by atomic mass is 10.1. The molecule has 1 aromatic rings. The number of nitrogens with two attached hydrogens (primary N) is 2. The van der Waals surface area contributed by atoms with E-state index in [0.29, 0.717) is 6.42 Å². The highest BCUT2D eigenvalue weighted by atomic mass is 32.2. The molecule has 10 heteroatoms. The van der Waals surface area contributed by atoms with Crippen molar-refractivity contribution in [3.05, 3.63) is 23.3 Å². The summed E-state index contributed by atoms with van der Waals surface area (Å²) in [6.45, 7) is 3.50. The van der Waals surface area contributed by atoms with E-state index >= 15 is 0 Å².